The largest absolute Gasteiger partial charge is 0.381 e. The van der Waals surface area contributed by atoms with Gasteiger partial charge >= 0.3 is 0 Å². The van der Waals surface area contributed by atoms with Crippen LogP contribution in [0.15, 0.2) is 40.9 Å². The molecule has 0 aliphatic rings. The van der Waals surface area contributed by atoms with E-state index >= 15 is 0 Å². The molecule has 0 aliphatic carbocycles. The van der Waals surface area contributed by atoms with E-state index in [1.165, 1.54) is 18.2 Å². The second-order valence-corrected chi connectivity index (χ2v) is 4.91. The Labute approximate surface area is 113 Å². The average Bonchev–Trinajstić information content (AvgIpc) is 2.32. The summed E-state index contributed by atoms with van der Waals surface area (Å²) < 4.78 is 26.7. The monoisotopic (exact) mass is 311 g/mol. The molecule has 94 valence electrons. The van der Waals surface area contributed by atoms with Crippen LogP contribution in [0.2, 0.25) is 0 Å². The summed E-state index contributed by atoms with van der Waals surface area (Å²) in [5, 5.41) is 3.11. The molecule has 0 bridgehead atoms. The van der Waals surface area contributed by atoms with Crippen LogP contribution in [0.4, 0.5) is 14.5 Å². The van der Waals surface area contributed by atoms with Gasteiger partial charge in [0.2, 0.25) is 0 Å². The third-order valence-corrected chi connectivity index (χ3v) is 3.35. The molecule has 18 heavy (non-hydrogen) atoms. The van der Waals surface area contributed by atoms with Crippen LogP contribution in [0, 0.1) is 18.6 Å². The van der Waals surface area contributed by atoms with Crippen molar-refractivity contribution in [2.24, 2.45) is 0 Å². The smallest absolute Gasteiger partial charge is 0.139 e. The first-order chi connectivity index (χ1) is 8.56. The lowest BCUT2D eigenvalue weighted by Gasteiger charge is -2.09. The molecule has 0 heterocycles. The van der Waals surface area contributed by atoms with Gasteiger partial charge in [-0.15, -0.1) is 0 Å². The minimum atomic E-state index is -0.309. The fourth-order valence-electron chi connectivity index (χ4n) is 1.66. The van der Waals surface area contributed by atoms with Crippen molar-refractivity contribution in [2.45, 2.75) is 13.5 Å². The summed E-state index contributed by atoms with van der Waals surface area (Å²) in [5.41, 5.74) is 2.55. The van der Waals surface area contributed by atoms with Crippen LogP contribution in [0.3, 0.4) is 0 Å². The highest BCUT2D eigenvalue weighted by Gasteiger charge is 2.02. The predicted molar refractivity (Wildman–Crippen MR) is 72.6 cm³/mol. The Bertz CT molecular complexity index is 570. The Morgan fingerprint density at radius 3 is 2.56 bits per heavy atom. The SMILES string of the molecule is Cc1cc(F)ccc1CNc1ccc(Br)c(F)c1. The van der Waals surface area contributed by atoms with Crippen molar-refractivity contribution < 1.29 is 8.78 Å². The quantitative estimate of drug-likeness (QED) is 0.870. The number of halogens is 3. The van der Waals surface area contributed by atoms with Crippen LogP contribution in [0.25, 0.3) is 0 Å². The predicted octanol–water partition coefficient (Wildman–Crippen LogP) is 4.65. The van der Waals surface area contributed by atoms with Crippen LogP contribution in [-0.2, 0) is 6.54 Å². The number of hydrogen-bond donors (Lipinski definition) is 1. The molecule has 4 heteroatoms. The number of benzene rings is 2. The summed E-state index contributed by atoms with van der Waals surface area (Å²) >= 11 is 3.10. The molecular formula is C14H12BrF2N. The van der Waals surface area contributed by atoms with Gasteiger partial charge in [-0.2, -0.15) is 0 Å². The summed E-state index contributed by atoms with van der Waals surface area (Å²) in [4.78, 5) is 0. The van der Waals surface area contributed by atoms with Gasteiger partial charge in [0.1, 0.15) is 11.6 Å². The number of aryl methyl sites for hydroxylation is 1. The minimum absolute atomic E-state index is 0.245. The second-order valence-electron chi connectivity index (χ2n) is 4.05. The zero-order valence-corrected chi connectivity index (χ0v) is 11.4. The molecule has 0 unspecified atom stereocenters. The third-order valence-electron chi connectivity index (χ3n) is 2.71. The van der Waals surface area contributed by atoms with Crippen molar-refractivity contribution in [2.75, 3.05) is 5.32 Å². The molecule has 2 aromatic rings. The van der Waals surface area contributed by atoms with Gasteiger partial charge in [-0.1, -0.05) is 6.07 Å². The molecule has 0 saturated heterocycles. The fraction of sp³-hybridized carbons (Fsp3) is 0.143. The Morgan fingerprint density at radius 1 is 1.11 bits per heavy atom. The molecule has 2 aromatic carbocycles. The van der Waals surface area contributed by atoms with Gasteiger partial charge in [0, 0.05) is 12.2 Å². The van der Waals surface area contributed by atoms with E-state index in [2.05, 4.69) is 21.2 Å². The minimum Gasteiger partial charge on any atom is -0.381 e. The molecule has 1 N–H and O–H groups in total. The van der Waals surface area contributed by atoms with Crippen molar-refractivity contribution in [3.8, 4) is 0 Å². The first kappa shape index (κ1) is 13.0. The molecule has 0 radical (unpaired) electrons. The van der Waals surface area contributed by atoms with Crippen molar-refractivity contribution in [3.05, 3.63) is 63.6 Å². The van der Waals surface area contributed by atoms with E-state index < -0.39 is 0 Å². The Kier molecular flexibility index (Phi) is 3.97. The van der Waals surface area contributed by atoms with Gasteiger partial charge < -0.3 is 5.32 Å². The maximum absolute atomic E-state index is 13.3. The van der Waals surface area contributed by atoms with Crippen LogP contribution in [-0.4, -0.2) is 0 Å². The van der Waals surface area contributed by atoms with E-state index in [4.69, 9.17) is 0 Å². The lowest BCUT2D eigenvalue weighted by Crippen LogP contribution is -2.02. The zero-order valence-electron chi connectivity index (χ0n) is 9.81. The standard InChI is InChI=1S/C14H12BrF2N/c1-9-6-11(16)3-2-10(9)8-18-12-4-5-13(15)14(17)7-12/h2-7,18H,8H2,1H3. The highest BCUT2D eigenvalue weighted by Crippen LogP contribution is 2.20. The maximum atomic E-state index is 13.3. The summed E-state index contributed by atoms with van der Waals surface area (Å²) in [6.45, 7) is 2.38. The topological polar surface area (TPSA) is 12.0 Å². The Morgan fingerprint density at radius 2 is 1.89 bits per heavy atom. The second kappa shape index (κ2) is 5.48. The van der Waals surface area contributed by atoms with E-state index in [0.29, 0.717) is 16.7 Å². The van der Waals surface area contributed by atoms with E-state index in [1.807, 2.05) is 6.92 Å². The summed E-state index contributed by atoms with van der Waals surface area (Å²) in [5.74, 6) is -0.554. The Hall–Kier alpha value is -1.42. The van der Waals surface area contributed by atoms with Crippen molar-refractivity contribution in [3.63, 3.8) is 0 Å². The lowest BCUT2D eigenvalue weighted by atomic mass is 10.1. The molecule has 0 aromatic heterocycles. The van der Waals surface area contributed by atoms with E-state index in [-0.39, 0.29) is 11.6 Å². The molecule has 0 amide bonds. The fourth-order valence-corrected chi connectivity index (χ4v) is 1.91. The molecule has 0 fully saturated rings. The first-order valence-electron chi connectivity index (χ1n) is 5.50. The molecule has 1 nitrogen and oxygen atoms in total. The zero-order chi connectivity index (χ0) is 13.1. The van der Waals surface area contributed by atoms with E-state index in [9.17, 15) is 8.78 Å². The van der Waals surface area contributed by atoms with Crippen LogP contribution in [0.5, 0.6) is 0 Å². The van der Waals surface area contributed by atoms with Gasteiger partial charge in [-0.05, 0) is 64.3 Å². The molecule has 0 aliphatic heterocycles. The van der Waals surface area contributed by atoms with Gasteiger partial charge in [0.05, 0.1) is 4.47 Å². The molecule has 2 rings (SSSR count). The molecule has 0 saturated carbocycles. The van der Waals surface area contributed by atoms with Gasteiger partial charge in [-0.3, -0.25) is 0 Å². The third kappa shape index (κ3) is 3.07. The van der Waals surface area contributed by atoms with Crippen LogP contribution >= 0.6 is 15.9 Å². The molecular weight excluding hydrogens is 300 g/mol. The number of rotatable bonds is 3. The summed E-state index contributed by atoms with van der Waals surface area (Å²) in [6, 6.07) is 9.49. The summed E-state index contributed by atoms with van der Waals surface area (Å²) in [7, 11) is 0. The first-order valence-corrected chi connectivity index (χ1v) is 6.29. The summed E-state index contributed by atoms with van der Waals surface area (Å²) in [6.07, 6.45) is 0. The average molecular weight is 312 g/mol. The highest BCUT2D eigenvalue weighted by molar-refractivity contribution is 9.10. The van der Waals surface area contributed by atoms with Crippen molar-refractivity contribution in [1.82, 2.24) is 0 Å². The van der Waals surface area contributed by atoms with Crippen molar-refractivity contribution >= 4 is 21.6 Å². The lowest BCUT2D eigenvalue weighted by molar-refractivity contribution is 0.621. The van der Waals surface area contributed by atoms with E-state index in [0.717, 1.165) is 11.1 Å². The molecule has 0 atom stereocenters. The number of hydrogen-bond acceptors (Lipinski definition) is 1. The van der Waals surface area contributed by atoms with Gasteiger partial charge in [-0.25, -0.2) is 8.78 Å². The van der Waals surface area contributed by atoms with E-state index in [1.54, 1.807) is 18.2 Å². The number of nitrogens with one attached hydrogen (secondary N) is 1. The van der Waals surface area contributed by atoms with Crippen LogP contribution < -0.4 is 5.32 Å². The molecule has 0 spiro atoms. The van der Waals surface area contributed by atoms with Crippen molar-refractivity contribution in [1.29, 1.82) is 0 Å². The normalized spacial score (nSPS) is 10.4. The van der Waals surface area contributed by atoms with Gasteiger partial charge in [0.15, 0.2) is 0 Å². The van der Waals surface area contributed by atoms with Gasteiger partial charge in [0.25, 0.3) is 0 Å². The number of anilines is 1. The highest BCUT2D eigenvalue weighted by atomic mass is 79.9. The maximum Gasteiger partial charge on any atom is 0.139 e. The Balaban J connectivity index is 2.09. The van der Waals surface area contributed by atoms with Crippen LogP contribution in [0.1, 0.15) is 11.1 Å².